The average molecular weight is 366 g/mol. The minimum absolute atomic E-state index is 0.183. The van der Waals surface area contributed by atoms with E-state index in [2.05, 4.69) is 5.32 Å². The van der Waals surface area contributed by atoms with Crippen LogP contribution in [0.4, 0.5) is 5.69 Å². The molecule has 0 unspecified atom stereocenters. The normalized spacial score (nSPS) is 14.3. The first-order chi connectivity index (χ1) is 12.9. The largest absolute Gasteiger partial charge is 0.481 e. The van der Waals surface area contributed by atoms with Crippen LogP contribution < -0.4 is 10.1 Å². The molecule has 0 spiro atoms. The quantitative estimate of drug-likeness (QED) is 0.796. The van der Waals surface area contributed by atoms with Gasteiger partial charge in [0.25, 0.3) is 17.7 Å². The molecular weight excluding hydrogens is 344 g/mol. The Morgan fingerprint density at radius 3 is 2.33 bits per heavy atom. The van der Waals surface area contributed by atoms with Crippen LogP contribution in [-0.2, 0) is 4.79 Å². The molecule has 3 rings (SSSR count). The van der Waals surface area contributed by atoms with Gasteiger partial charge in [-0.05, 0) is 43.2 Å². The van der Waals surface area contributed by atoms with Gasteiger partial charge in [-0.15, -0.1) is 0 Å². The molecule has 6 nitrogen and oxygen atoms in total. The van der Waals surface area contributed by atoms with E-state index in [4.69, 9.17) is 4.74 Å². The molecule has 0 aromatic heterocycles. The van der Waals surface area contributed by atoms with Crippen molar-refractivity contribution in [3.05, 3.63) is 59.7 Å². The summed E-state index contributed by atoms with van der Waals surface area (Å²) >= 11 is 0. The smallest absolute Gasteiger partial charge is 0.265 e. The number of carbonyl (C=O) groups is 3. The van der Waals surface area contributed by atoms with Crippen LogP contribution in [0.1, 0.15) is 41.5 Å². The molecule has 2 aromatic rings. The molecule has 140 valence electrons. The van der Waals surface area contributed by atoms with Crippen molar-refractivity contribution in [2.24, 2.45) is 5.92 Å². The lowest BCUT2D eigenvalue weighted by Gasteiger charge is -2.15. The number of nitrogens with zero attached hydrogens (tertiary/aromatic N) is 1. The van der Waals surface area contributed by atoms with E-state index in [1.54, 1.807) is 37.3 Å². The van der Waals surface area contributed by atoms with Crippen LogP contribution in [0.15, 0.2) is 48.5 Å². The van der Waals surface area contributed by atoms with Gasteiger partial charge in [-0.25, -0.2) is 0 Å². The van der Waals surface area contributed by atoms with Crippen molar-refractivity contribution >= 4 is 23.4 Å². The average Bonchev–Trinajstić information content (AvgIpc) is 2.87. The van der Waals surface area contributed by atoms with E-state index in [-0.39, 0.29) is 23.6 Å². The molecule has 0 fully saturated rings. The van der Waals surface area contributed by atoms with Crippen molar-refractivity contribution in [3.8, 4) is 5.75 Å². The number of rotatable bonds is 6. The molecular formula is C21H22N2O4. The van der Waals surface area contributed by atoms with Crippen LogP contribution in [0.5, 0.6) is 5.75 Å². The van der Waals surface area contributed by atoms with Gasteiger partial charge in [0.1, 0.15) is 5.75 Å². The number of fused-ring (bicyclic) bond motifs is 1. The maximum Gasteiger partial charge on any atom is 0.265 e. The lowest BCUT2D eigenvalue weighted by molar-refractivity contribution is -0.122. The van der Waals surface area contributed by atoms with E-state index in [0.29, 0.717) is 29.1 Å². The number of anilines is 1. The van der Waals surface area contributed by atoms with Crippen molar-refractivity contribution in [2.45, 2.75) is 26.9 Å². The fraction of sp³-hybridized carbons (Fsp3) is 0.286. The minimum Gasteiger partial charge on any atom is -0.481 e. The summed E-state index contributed by atoms with van der Waals surface area (Å²) in [6, 6.07) is 13.8. The van der Waals surface area contributed by atoms with E-state index < -0.39 is 6.10 Å². The summed E-state index contributed by atoms with van der Waals surface area (Å²) in [6.07, 6.45) is -0.713. The minimum atomic E-state index is -0.713. The van der Waals surface area contributed by atoms with Gasteiger partial charge in [-0.3, -0.25) is 19.3 Å². The van der Waals surface area contributed by atoms with Crippen LogP contribution in [0.2, 0.25) is 0 Å². The van der Waals surface area contributed by atoms with Crippen molar-refractivity contribution < 1.29 is 19.1 Å². The van der Waals surface area contributed by atoms with Gasteiger partial charge in [-0.1, -0.05) is 32.0 Å². The highest BCUT2D eigenvalue weighted by Crippen LogP contribution is 2.26. The topological polar surface area (TPSA) is 75.7 Å². The van der Waals surface area contributed by atoms with Crippen LogP contribution in [0.3, 0.4) is 0 Å². The molecule has 1 atom stereocenters. The number of carbonyl (C=O) groups excluding carboxylic acids is 3. The molecule has 0 bridgehead atoms. The second kappa shape index (κ2) is 7.61. The third-order valence-electron chi connectivity index (χ3n) is 4.21. The molecule has 2 aromatic carbocycles. The second-order valence-electron chi connectivity index (χ2n) is 6.94. The number of nitrogens with one attached hydrogen (secondary N) is 1. The monoisotopic (exact) mass is 366 g/mol. The first kappa shape index (κ1) is 18.6. The second-order valence-corrected chi connectivity index (χ2v) is 6.94. The molecule has 1 aliphatic heterocycles. The Labute approximate surface area is 158 Å². The molecule has 1 N–H and O–H groups in total. The molecule has 1 aliphatic rings. The van der Waals surface area contributed by atoms with Gasteiger partial charge < -0.3 is 10.1 Å². The van der Waals surface area contributed by atoms with Gasteiger partial charge in [0.15, 0.2) is 6.10 Å². The molecule has 27 heavy (non-hydrogen) atoms. The zero-order valence-electron chi connectivity index (χ0n) is 15.6. The Kier molecular flexibility index (Phi) is 5.26. The summed E-state index contributed by atoms with van der Waals surface area (Å²) in [7, 11) is 0. The molecule has 0 saturated heterocycles. The Morgan fingerprint density at radius 2 is 1.67 bits per heavy atom. The Hall–Kier alpha value is -3.15. The lowest BCUT2D eigenvalue weighted by Crippen LogP contribution is -2.33. The summed E-state index contributed by atoms with van der Waals surface area (Å²) < 4.78 is 5.60. The molecule has 6 heteroatoms. The number of amides is 3. The SMILES string of the molecule is CC(C)CN1C(=O)c2ccc(NC(=O)[C@H](C)Oc3ccccc3)cc2C1=O. The lowest BCUT2D eigenvalue weighted by atomic mass is 10.1. The summed E-state index contributed by atoms with van der Waals surface area (Å²) in [5.41, 5.74) is 1.14. The highest BCUT2D eigenvalue weighted by molar-refractivity contribution is 6.21. The first-order valence-electron chi connectivity index (χ1n) is 8.89. The van der Waals surface area contributed by atoms with Crippen molar-refractivity contribution in [3.63, 3.8) is 0 Å². The fourth-order valence-electron chi connectivity index (χ4n) is 2.90. The molecule has 0 radical (unpaired) electrons. The standard InChI is InChI=1S/C21H22N2O4/c1-13(2)12-23-20(25)17-10-9-15(11-18(17)21(23)26)22-19(24)14(3)27-16-7-5-4-6-8-16/h4-11,13-14H,12H2,1-3H3,(H,22,24)/t14-/m0/s1. The Balaban J connectivity index is 1.71. The van der Waals surface area contributed by atoms with E-state index in [1.807, 2.05) is 32.0 Å². The van der Waals surface area contributed by atoms with Crippen LogP contribution >= 0.6 is 0 Å². The van der Waals surface area contributed by atoms with Gasteiger partial charge in [0.2, 0.25) is 0 Å². The summed E-state index contributed by atoms with van der Waals surface area (Å²) in [5.74, 6) is -0.174. The molecule has 1 heterocycles. The highest BCUT2D eigenvalue weighted by atomic mass is 16.5. The highest BCUT2D eigenvalue weighted by Gasteiger charge is 2.35. The molecule has 0 aliphatic carbocycles. The third-order valence-corrected chi connectivity index (χ3v) is 4.21. The maximum atomic E-state index is 12.5. The predicted molar refractivity (Wildman–Crippen MR) is 102 cm³/mol. The van der Waals surface area contributed by atoms with Gasteiger partial charge in [0.05, 0.1) is 11.1 Å². The first-order valence-corrected chi connectivity index (χ1v) is 8.89. The Morgan fingerprint density at radius 1 is 1.00 bits per heavy atom. The van der Waals surface area contributed by atoms with E-state index >= 15 is 0 Å². The van der Waals surface area contributed by atoms with E-state index in [0.717, 1.165) is 0 Å². The summed E-state index contributed by atoms with van der Waals surface area (Å²) in [5, 5.41) is 2.74. The zero-order chi connectivity index (χ0) is 19.6. The predicted octanol–water partition coefficient (Wildman–Crippen LogP) is 3.34. The van der Waals surface area contributed by atoms with Crippen LogP contribution in [-0.4, -0.2) is 35.3 Å². The van der Waals surface area contributed by atoms with Gasteiger partial charge in [-0.2, -0.15) is 0 Å². The number of benzene rings is 2. The van der Waals surface area contributed by atoms with Gasteiger partial charge in [0, 0.05) is 12.2 Å². The van der Waals surface area contributed by atoms with Crippen molar-refractivity contribution in [1.29, 1.82) is 0 Å². The summed E-state index contributed by atoms with van der Waals surface area (Å²) in [6.45, 7) is 5.91. The summed E-state index contributed by atoms with van der Waals surface area (Å²) in [4.78, 5) is 38.5. The number of para-hydroxylation sites is 1. The van der Waals surface area contributed by atoms with Gasteiger partial charge >= 0.3 is 0 Å². The zero-order valence-corrected chi connectivity index (χ0v) is 15.6. The van der Waals surface area contributed by atoms with Crippen LogP contribution in [0, 0.1) is 5.92 Å². The van der Waals surface area contributed by atoms with Crippen LogP contribution in [0.25, 0.3) is 0 Å². The molecule has 0 saturated carbocycles. The molecule has 3 amide bonds. The van der Waals surface area contributed by atoms with E-state index in [9.17, 15) is 14.4 Å². The van der Waals surface area contributed by atoms with E-state index in [1.165, 1.54) is 4.90 Å². The fourth-order valence-corrected chi connectivity index (χ4v) is 2.90. The number of imide groups is 1. The number of hydrogen-bond donors (Lipinski definition) is 1. The number of hydrogen-bond acceptors (Lipinski definition) is 4. The Bertz CT molecular complexity index is 877. The van der Waals surface area contributed by atoms with Crippen molar-refractivity contribution in [1.82, 2.24) is 4.90 Å². The third kappa shape index (κ3) is 4.00. The maximum absolute atomic E-state index is 12.5. The van der Waals surface area contributed by atoms with Crippen molar-refractivity contribution in [2.75, 3.05) is 11.9 Å². The number of ether oxygens (including phenoxy) is 1.